The predicted molar refractivity (Wildman–Crippen MR) is 247 cm³/mol. The number of unbranched alkanes of at least 4 members (excludes halogenated alkanes) is 31. The van der Waals surface area contributed by atoms with Crippen LogP contribution >= 0.6 is 0 Å². The second-order valence-electron chi connectivity index (χ2n) is 18.0. The van der Waals surface area contributed by atoms with Crippen LogP contribution in [0.3, 0.4) is 0 Å². The molecule has 0 spiro atoms. The third-order valence-corrected chi connectivity index (χ3v) is 12.2. The largest absolute Gasteiger partial charge is 0.462 e. The standard InChI is InChI=1S/C51H96O10/c1-3-5-7-9-11-13-15-17-18-19-20-21-22-23-24-25-26-27-28-30-31-33-35-37-39-46(53)58-42-44(43-59-51-50(57)49(56)48(55)45(41-52)61-51)60-47(54)40-38-36-34-32-29-16-14-12-10-8-6-4-2/h12,14,44-45,48-52,55-57H,3-11,13,15-43H2,1-2H3/b14-12-. The molecule has 1 aliphatic heterocycles. The topological polar surface area (TPSA) is 152 Å². The van der Waals surface area contributed by atoms with Crippen LogP contribution in [0.4, 0.5) is 0 Å². The lowest BCUT2D eigenvalue weighted by Gasteiger charge is -2.39. The molecule has 0 aromatic carbocycles. The Morgan fingerprint density at radius 1 is 0.492 bits per heavy atom. The summed E-state index contributed by atoms with van der Waals surface area (Å²) in [6.45, 7) is 3.43. The number of esters is 2. The molecule has 6 atom stereocenters. The van der Waals surface area contributed by atoms with Gasteiger partial charge in [-0.15, -0.1) is 0 Å². The van der Waals surface area contributed by atoms with E-state index in [1.165, 1.54) is 154 Å². The van der Waals surface area contributed by atoms with Gasteiger partial charge in [-0.25, -0.2) is 0 Å². The first-order chi connectivity index (χ1) is 29.8. The van der Waals surface area contributed by atoms with Crippen molar-refractivity contribution in [2.45, 2.75) is 282 Å². The first kappa shape index (κ1) is 57.5. The predicted octanol–water partition coefficient (Wildman–Crippen LogP) is 11.9. The molecule has 10 nitrogen and oxygen atoms in total. The summed E-state index contributed by atoms with van der Waals surface area (Å²) in [6.07, 6.45) is 39.5. The molecule has 360 valence electrons. The Morgan fingerprint density at radius 3 is 1.31 bits per heavy atom. The summed E-state index contributed by atoms with van der Waals surface area (Å²) >= 11 is 0. The molecule has 0 bridgehead atoms. The molecule has 1 heterocycles. The van der Waals surface area contributed by atoms with Gasteiger partial charge in [-0.1, -0.05) is 206 Å². The van der Waals surface area contributed by atoms with Crippen molar-refractivity contribution < 1.29 is 49.0 Å². The highest BCUT2D eigenvalue weighted by atomic mass is 16.7. The number of allylic oxidation sites excluding steroid dienone is 2. The molecule has 1 fully saturated rings. The Kier molecular flexibility index (Phi) is 39.9. The van der Waals surface area contributed by atoms with Crippen LogP contribution in [0, 0.1) is 0 Å². The van der Waals surface area contributed by atoms with E-state index in [1.54, 1.807) is 0 Å². The van der Waals surface area contributed by atoms with Crippen molar-refractivity contribution in [1.29, 1.82) is 0 Å². The van der Waals surface area contributed by atoms with Crippen LogP contribution in [0.5, 0.6) is 0 Å². The third kappa shape index (κ3) is 33.6. The van der Waals surface area contributed by atoms with Crippen molar-refractivity contribution >= 4 is 11.9 Å². The van der Waals surface area contributed by atoms with Gasteiger partial charge in [0.2, 0.25) is 0 Å². The van der Waals surface area contributed by atoms with Gasteiger partial charge in [0.15, 0.2) is 12.4 Å². The van der Waals surface area contributed by atoms with Gasteiger partial charge in [0, 0.05) is 12.8 Å². The van der Waals surface area contributed by atoms with Crippen molar-refractivity contribution in [2.24, 2.45) is 0 Å². The number of ether oxygens (including phenoxy) is 4. The van der Waals surface area contributed by atoms with Gasteiger partial charge in [0.05, 0.1) is 13.2 Å². The fraction of sp³-hybridized carbons (Fsp3) is 0.922. The lowest BCUT2D eigenvalue weighted by atomic mass is 9.99. The van der Waals surface area contributed by atoms with Crippen LogP contribution in [0.2, 0.25) is 0 Å². The minimum Gasteiger partial charge on any atom is -0.462 e. The fourth-order valence-electron chi connectivity index (χ4n) is 8.07. The molecule has 6 unspecified atom stereocenters. The monoisotopic (exact) mass is 869 g/mol. The highest BCUT2D eigenvalue weighted by Gasteiger charge is 2.44. The molecule has 61 heavy (non-hydrogen) atoms. The lowest BCUT2D eigenvalue weighted by molar-refractivity contribution is -0.305. The fourth-order valence-corrected chi connectivity index (χ4v) is 8.07. The van der Waals surface area contributed by atoms with E-state index in [-0.39, 0.29) is 32.0 Å². The van der Waals surface area contributed by atoms with E-state index in [4.69, 9.17) is 18.9 Å². The Balaban J connectivity index is 2.18. The molecule has 0 amide bonds. The molecule has 4 N–H and O–H groups in total. The summed E-state index contributed by atoms with van der Waals surface area (Å²) in [5.41, 5.74) is 0. The summed E-state index contributed by atoms with van der Waals surface area (Å²) in [7, 11) is 0. The van der Waals surface area contributed by atoms with Gasteiger partial charge in [0.1, 0.15) is 31.0 Å². The Hall–Kier alpha value is -1.56. The van der Waals surface area contributed by atoms with Crippen molar-refractivity contribution in [2.75, 3.05) is 19.8 Å². The van der Waals surface area contributed by atoms with Crippen LogP contribution in [0.1, 0.15) is 245 Å². The number of rotatable bonds is 44. The van der Waals surface area contributed by atoms with E-state index in [0.29, 0.717) is 6.42 Å². The average molecular weight is 869 g/mol. The minimum absolute atomic E-state index is 0.215. The third-order valence-electron chi connectivity index (χ3n) is 12.2. The maximum atomic E-state index is 12.8. The number of carbonyl (C=O) groups is 2. The molecule has 1 saturated heterocycles. The Bertz CT molecular complexity index is 1010. The van der Waals surface area contributed by atoms with E-state index in [9.17, 15) is 30.0 Å². The van der Waals surface area contributed by atoms with Gasteiger partial charge in [-0.05, 0) is 38.5 Å². The highest BCUT2D eigenvalue weighted by molar-refractivity contribution is 5.70. The minimum atomic E-state index is -1.59. The zero-order chi connectivity index (χ0) is 44.4. The first-order valence-electron chi connectivity index (χ1n) is 25.8. The average Bonchev–Trinajstić information content (AvgIpc) is 3.26. The van der Waals surface area contributed by atoms with Crippen LogP contribution in [-0.4, -0.2) is 89.0 Å². The van der Waals surface area contributed by atoms with Crippen LogP contribution in [0.25, 0.3) is 0 Å². The SMILES string of the molecule is CCCCC/C=C\CCCCCCCC(=O)OC(COC(=O)CCCCCCCCCCCCCCCCCCCCCCCCCC)COC1OC(CO)C(O)C(O)C1O. The molecule has 1 rings (SSSR count). The summed E-state index contributed by atoms with van der Waals surface area (Å²) in [6, 6.07) is 0. The quantitative estimate of drug-likeness (QED) is 0.0264. The van der Waals surface area contributed by atoms with Gasteiger partial charge < -0.3 is 39.4 Å². The van der Waals surface area contributed by atoms with E-state index in [1.807, 2.05) is 0 Å². The summed E-state index contributed by atoms with van der Waals surface area (Å²) in [5.74, 6) is -0.804. The number of carbonyl (C=O) groups excluding carboxylic acids is 2. The number of hydrogen-bond acceptors (Lipinski definition) is 10. The maximum Gasteiger partial charge on any atom is 0.306 e. The summed E-state index contributed by atoms with van der Waals surface area (Å²) in [4.78, 5) is 25.4. The molecule has 0 aromatic rings. The lowest BCUT2D eigenvalue weighted by Crippen LogP contribution is -2.59. The normalized spacial score (nSPS) is 19.7. The van der Waals surface area contributed by atoms with Gasteiger partial charge in [-0.2, -0.15) is 0 Å². The van der Waals surface area contributed by atoms with E-state index in [2.05, 4.69) is 26.0 Å². The van der Waals surface area contributed by atoms with Crippen molar-refractivity contribution in [3.05, 3.63) is 12.2 Å². The molecule has 1 aliphatic rings. The zero-order valence-corrected chi connectivity index (χ0v) is 39.4. The van der Waals surface area contributed by atoms with E-state index < -0.39 is 49.4 Å². The molecule has 10 heteroatoms. The van der Waals surface area contributed by atoms with Crippen molar-refractivity contribution in [3.63, 3.8) is 0 Å². The molecule has 0 aliphatic carbocycles. The Morgan fingerprint density at radius 2 is 0.869 bits per heavy atom. The number of aliphatic hydroxyl groups is 4. The molecule has 0 saturated carbocycles. The smallest absolute Gasteiger partial charge is 0.306 e. The molecule has 0 aromatic heterocycles. The van der Waals surface area contributed by atoms with Crippen molar-refractivity contribution in [3.8, 4) is 0 Å². The maximum absolute atomic E-state index is 12.8. The summed E-state index contributed by atoms with van der Waals surface area (Å²) in [5, 5.41) is 40.1. The Labute approximate surface area is 373 Å². The van der Waals surface area contributed by atoms with E-state index >= 15 is 0 Å². The molecule has 0 radical (unpaired) electrons. The number of hydrogen-bond donors (Lipinski definition) is 4. The zero-order valence-electron chi connectivity index (χ0n) is 39.4. The second kappa shape index (κ2) is 42.4. The van der Waals surface area contributed by atoms with Crippen LogP contribution in [0.15, 0.2) is 12.2 Å². The highest BCUT2D eigenvalue weighted by Crippen LogP contribution is 2.23. The molecular formula is C51H96O10. The second-order valence-corrected chi connectivity index (χ2v) is 18.0. The molecular weight excluding hydrogens is 773 g/mol. The number of aliphatic hydroxyl groups excluding tert-OH is 4. The van der Waals surface area contributed by atoms with Gasteiger partial charge in [0.25, 0.3) is 0 Å². The van der Waals surface area contributed by atoms with Crippen LogP contribution in [-0.2, 0) is 28.5 Å². The van der Waals surface area contributed by atoms with Crippen LogP contribution < -0.4 is 0 Å². The van der Waals surface area contributed by atoms with Gasteiger partial charge >= 0.3 is 11.9 Å². The van der Waals surface area contributed by atoms with E-state index in [0.717, 1.165) is 57.8 Å². The first-order valence-corrected chi connectivity index (χ1v) is 25.8. The van der Waals surface area contributed by atoms with Gasteiger partial charge in [-0.3, -0.25) is 9.59 Å². The summed E-state index contributed by atoms with van der Waals surface area (Å²) < 4.78 is 22.2. The van der Waals surface area contributed by atoms with Crippen molar-refractivity contribution in [1.82, 2.24) is 0 Å².